The molecule has 2 heterocycles. The maximum atomic E-state index is 12.9. The first-order chi connectivity index (χ1) is 15.7. The molecule has 33 heavy (non-hydrogen) atoms. The van der Waals surface area contributed by atoms with Gasteiger partial charge >= 0.3 is 0 Å². The van der Waals surface area contributed by atoms with Gasteiger partial charge in [-0.1, -0.05) is 24.3 Å². The third-order valence-corrected chi connectivity index (χ3v) is 9.14. The van der Waals surface area contributed by atoms with E-state index in [-0.39, 0.29) is 23.1 Å². The van der Waals surface area contributed by atoms with E-state index in [1.807, 2.05) is 0 Å². The fourth-order valence-electron chi connectivity index (χ4n) is 4.11. The van der Waals surface area contributed by atoms with Crippen molar-refractivity contribution in [3.63, 3.8) is 0 Å². The Morgan fingerprint density at radius 2 is 1.70 bits per heavy atom. The SMILES string of the molecule is CC(=O)N1CCc2cc(S(=O)(=O)NCc3ccccc3CS(=O)(=O)N3CCOCC3)ccc21. The van der Waals surface area contributed by atoms with Gasteiger partial charge in [-0.3, -0.25) is 4.79 Å². The molecule has 2 aromatic carbocycles. The number of amides is 1. The second-order valence-electron chi connectivity index (χ2n) is 8.07. The summed E-state index contributed by atoms with van der Waals surface area (Å²) in [5.74, 6) is -0.281. The Balaban J connectivity index is 1.49. The molecule has 0 radical (unpaired) electrons. The first kappa shape index (κ1) is 23.8. The predicted molar refractivity (Wildman–Crippen MR) is 124 cm³/mol. The van der Waals surface area contributed by atoms with Gasteiger partial charge in [-0.05, 0) is 41.3 Å². The molecule has 0 bridgehead atoms. The lowest BCUT2D eigenvalue weighted by atomic mass is 10.1. The molecule has 4 rings (SSSR count). The largest absolute Gasteiger partial charge is 0.379 e. The smallest absolute Gasteiger partial charge is 0.240 e. The van der Waals surface area contributed by atoms with Crippen LogP contribution in [0.4, 0.5) is 5.69 Å². The zero-order chi connectivity index (χ0) is 23.6. The van der Waals surface area contributed by atoms with Crippen molar-refractivity contribution < 1.29 is 26.4 Å². The van der Waals surface area contributed by atoms with Crippen LogP contribution >= 0.6 is 0 Å². The van der Waals surface area contributed by atoms with Gasteiger partial charge in [0.25, 0.3) is 0 Å². The maximum absolute atomic E-state index is 12.9. The van der Waals surface area contributed by atoms with Crippen LogP contribution in [0, 0.1) is 0 Å². The standard InChI is InChI=1S/C22H27N3O6S2/c1-17(26)25-9-8-18-14-21(6-7-22(18)25)33(29,30)23-15-19-4-2-3-5-20(19)16-32(27,28)24-10-12-31-13-11-24/h2-7,14,23H,8-13,15-16H2,1H3. The summed E-state index contributed by atoms with van der Waals surface area (Å²) in [6, 6.07) is 11.6. The number of rotatable bonds is 7. The average molecular weight is 494 g/mol. The van der Waals surface area contributed by atoms with E-state index < -0.39 is 20.0 Å². The molecule has 11 heteroatoms. The van der Waals surface area contributed by atoms with Crippen LogP contribution in [0.3, 0.4) is 0 Å². The number of benzene rings is 2. The van der Waals surface area contributed by atoms with E-state index in [0.717, 1.165) is 11.3 Å². The zero-order valence-corrected chi connectivity index (χ0v) is 20.0. The molecule has 1 amide bonds. The van der Waals surface area contributed by atoms with Gasteiger partial charge in [0.2, 0.25) is 26.0 Å². The molecule has 2 aliphatic heterocycles. The number of morpholine rings is 1. The minimum absolute atomic E-state index is 0.0339. The third-order valence-electron chi connectivity index (χ3n) is 5.91. The lowest BCUT2D eigenvalue weighted by Gasteiger charge is -2.26. The van der Waals surface area contributed by atoms with E-state index >= 15 is 0 Å². The second-order valence-corrected chi connectivity index (χ2v) is 11.8. The summed E-state index contributed by atoms with van der Waals surface area (Å²) in [6.07, 6.45) is 0.598. The first-order valence-corrected chi connectivity index (χ1v) is 13.8. The Morgan fingerprint density at radius 3 is 2.39 bits per heavy atom. The van der Waals surface area contributed by atoms with Gasteiger partial charge in [-0.25, -0.2) is 21.6 Å². The van der Waals surface area contributed by atoms with E-state index in [4.69, 9.17) is 4.74 Å². The molecule has 0 unspecified atom stereocenters. The van der Waals surface area contributed by atoms with Gasteiger partial charge in [-0.2, -0.15) is 4.31 Å². The Kier molecular flexibility index (Phi) is 6.87. The van der Waals surface area contributed by atoms with Gasteiger partial charge in [0.1, 0.15) is 0 Å². The summed E-state index contributed by atoms with van der Waals surface area (Å²) in [7, 11) is -7.37. The quantitative estimate of drug-likeness (QED) is 0.621. The topological polar surface area (TPSA) is 113 Å². The Hall–Kier alpha value is -2.31. The van der Waals surface area contributed by atoms with Gasteiger partial charge < -0.3 is 9.64 Å². The van der Waals surface area contributed by atoms with Crippen molar-refractivity contribution in [2.24, 2.45) is 0 Å². The van der Waals surface area contributed by atoms with E-state index in [9.17, 15) is 21.6 Å². The minimum atomic E-state index is -3.83. The van der Waals surface area contributed by atoms with Crippen LogP contribution in [-0.4, -0.2) is 59.9 Å². The maximum Gasteiger partial charge on any atom is 0.240 e. The Morgan fingerprint density at radius 1 is 1.00 bits per heavy atom. The van der Waals surface area contributed by atoms with Gasteiger partial charge in [0.05, 0.1) is 23.9 Å². The van der Waals surface area contributed by atoms with E-state index in [1.165, 1.54) is 17.3 Å². The molecule has 1 N–H and O–H groups in total. The van der Waals surface area contributed by atoms with E-state index in [2.05, 4.69) is 4.72 Å². The van der Waals surface area contributed by atoms with Gasteiger partial charge in [0, 0.05) is 38.8 Å². The minimum Gasteiger partial charge on any atom is -0.379 e. The summed E-state index contributed by atoms with van der Waals surface area (Å²) < 4.78 is 60.7. The highest BCUT2D eigenvalue weighted by molar-refractivity contribution is 7.89. The van der Waals surface area contributed by atoms with Crippen molar-refractivity contribution in [1.82, 2.24) is 9.03 Å². The van der Waals surface area contributed by atoms with Crippen LogP contribution in [-0.2, 0) is 48.3 Å². The van der Waals surface area contributed by atoms with Gasteiger partial charge in [-0.15, -0.1) is 0 Å². The normalized spacial score (nSPS) is 17.2. The lowest BCUT2D eigenvalue weighted by molar-refractivity contribution is -0.116. The summed E-state index contributed by atoms with van der Waals surface area (Å²) in [5, 5.41) is 0. The highest BCUT2D eigenvalue weighted by Crippen LogP contribution is 2.30. The Labute approximate surface area is 194 Å². The van der Waals surface area contributed by atoms with Crippen LogP contribution < -0.4 is 9.62 Å². The molecule has 0 saturated carbocycles. The van der Waals surface area contributed by atoms with Crippen molar-refractivity contribution in [3.05, 3.63) is 59.2 Å². The number of nitrogens with zero attached hydrogens (tertiary/aromatic N) is 2. The first-order valence-electron chi connectivity index (χ1n) is 10.7. The fraction of sp³-hybridized carbons (Fsp3) is 0.409. The average Bonchev–Trinajstić information content (AvgIpc) is 3.23. The second kappa shape index (κ2) is 9.51. The highest BCUT2D eigenvalue weighted by Gasteiger charge is 2.27. The molecular formula is C22H27N3O6S2. The highest BCUT2D eigenvalue weighted by atomic mass is 32.2. The zero-order valence-electron chi connectivity index (χ0n) is 18.4. The number of hydrogen-bond donors (Lipinski definition) is 1. The van der Waals surface area contributed by atoms with Crippen molar-refractivity contribution in [3.8, 4) is 0 Å². The molecule has 0 spiro atoms. The van der Waals surface area contributed by atoms with Crippen LogP contribution in [0.1, 0.15) is 23.6 Å². The third kappa shape index (κ3) is 5.28. The number of ether oxygens (including phenoxy) is 1. The molecule has 1 saturated heterocycles. The number of carbonyl (C=O) groups is 1. The van der Waals surface area contributed by atoms with E-state index in [0.29, 0.717) is 50.4 Å². The molecular weight excluding hydrogens is 466 g/mol. The summed E-state index contributed by atoms with van der Waals surface area (Å²) in [5.41, 5.74) is 2.70. The molecule has 2 aliphatic rings. The number of sulfonamides is 2. The monoisotopic (exact) mass is 493 g/mol. The van der Waals surface area contributed by atoms with Gasteiger partial charge in [0.15, 0.2) is 0 Å². The summed E-state index contributed by atoms with van der Waals surface area (Å²) in [6.45, 7) is 3.35. The van der Waals surface area contributed by atoms with Crippen molar-refractivity contribution in [1.29, 1.82) is 0 Å². The fourth-order valence-corrected chi connectivity index (χ4v) is 6.73. The Bertz CT molecular complexity index is 1250. The number of nitrogens with one attached hydrogen (secondary N) is 1. The van der Waals surface area contributed by atoms with Crippen LogP contribution in [0.25, 0.3) is 0 Å². The number of carbonyl (C=O) groups excluding carboxylic acids is 1. The molecule has 2 aromatic rings. The van der Waals surface area contributed by atoms with Crippen molar-refractivity contribution in [2.75, 3.05) is 37.7 Å². The van der Waals surface area contributed by atoms with Crippen molar-refractivity contribution in [2.45, 2.75) is 30.5 Å². The predicted octanol–water partition coefficient (Wildman–Crippen LogP) is 1.24. The van der Waals surface area contributed by atoms with Crippen LogP contribution in [0.5, 0.6) is 0 Å². The number of anilines is 1. The van der Waals surface area contributed by atoms with Crippen molar-refractivity contribution >= 4 is 31.6 Å². The molecule has 178 valence electrons. The summed E-state index contributed by atoms with van der Waals surface area (Å²) in [4.78, 5) is 13.5. The molecule has 1 fully saturated rings. The number of fused-ring (bicyclic) bond motifs is 1. The molecule has 9 nitrogen and oxygen atoms in total. The molecule has 0 atom stereocenters. The van der Waals surface area contributed by atoms with Crippen LogP contribution in [0.2, 0.25) is 0 Å². The lowest BCUT2D eigenvalue weighted by Crippen LogP contribution is -2.41. The van der Waals surface area contributed by atoms with E-state index in [1.54, 1.807) is 41.3 Å². The molecule has 0 aromatic heterocycles. The number of hydrogen-bond acceptors (Lipinski definition) is 6. The van der Waals surface area contributed by atoms with Crippen LogP contribution in [0.15, 0.2) is 47.4 Å². The molecule has 0 aliphatic carbocycles. The summed E-state index contributed by atoms with van der Waals surface area (Å²) >= 11 is 0.